The van der Waals surface area contributed by atoms with Crippen LogP contribution in [-0.4, -0.2) is 58.7 Å². The Morgan fingerprint density at radius 1 is 0.712 bits per heavy atom. The van der Waals surface area contributed by atoms with Gasteiger partial charge < -0.3 is 27.2 Å². The van der Waals surface area contributed by atoms with Gasteiger partial charge in [0.25, 0.3) is 16.6 Å². The van der Waals surface area contributed by atoms with Gasteiger partial charge in [0.2, 0.25) is 0 Å². The van der Waals surface area contributed by atoms with Crippen molar-refractivity contribution in [2.24, 2.45) is 0 Å². The summed E-state index contributed by atoms with van der Waals surface area (Å²) in [6.45, 7) is 38.9. The molecule has 1 aliphatic rings. The van der Waals surface area contributed by atoms with Crippen molar-refractivity contribution in [2.45, 2.75) is 181 Å². The van der Waals surface area contributed by atoms with Crippen LogP contribution in [-0.2, 0) is 13.6 Å². The van der Waals surface area contributed by atoms with Crippen LogP contribution in [0.25, 0.3) is 16.5 Å². The zero-order valence-electron chi connectivity index (χ0n) is 36.1. The van der Waals surface area contributed by atoms with Crippen molar-refractivity contribution in [1.82, 2.24) is 0 Å². The molecule has 0 aliphatic carbocycles. The molecule has 6 nitrogen and oxygen atoms in total. The number of methoxy groups -OCH3 is 1. The fourth-order valence-corrected chi connectivity index (χ4v) is 15.2. The first-order valence-electron chi connectivity index (χ1n) is 19.9. The largest absolute Gasteiger partial charge is 0.542 e. The van der Waals surface area contributed by atoms with E-state index in [4.69, 9.17) is 27.2 Å². The third-order valence-corrected chi connectivity index (χ3v) is 31.7. The van der Waals surface area contributed by atoms with Crippen molar-refractivity contribution in [2.75, 3.05) is 7.11 Å². The van der Waals surface area contributed by atoms with E-state index in [-0.39, 0.29) is 28.4 Å². The molecule has 0 saturated carbocycles. The third-order valence-electron chi connectivity index (χ3n) is 13.0. The first kappa shape index (κ1) is 45.3. The Morgan fingerprint density at radius 3 is 1.62 bits per heavy atom. The van der Waals surface area contributed by atoms with Gasteiger partial charge >= 0.3 is 0 Å². The lowest BCUT2D eigenvalue weighted by atomic mass is 9.98. The van der Waals surface area contributed by atoms with Crippen LogP contribution in [0.4, 0.5) is 0 Å². The van der Waals surface area contributed by atoms with Gasteiger partial charge in [0.05, 0.1) is 28.6 Å². The van der Waals surface area contributed by atoms with E-state index in [0.717, 1.165) is 80.1 Å². The summed E-state index contributed by atoms with van der Waals surface area (Å²) in [7, 11) is -7.04. The lowest BCUT2D eigenvalue weighted by molar-refractivity contribution is -0.0332. The highest BCUT2D eigenvalue weighted by molar-refractivity contribution is 9.10. The summed E-state index contributed by atoms with van der Waals surface area (Å²) in [5, 5.41) is 1.99. The van der Waals surface area contributed by atoms with Crippen LogP contribution in [0.2, 0.25) is 72.5 Å². The summed E-state index contributed by atoms with van der Waals surface area (Å²) in [6, 6.07) is 12.3. The molecule has 3 atom stereocenters. The van der Waals surface area contributed by atoms with E-state index in [2.05, 4.69) is 150 Å². The van der Waals surface area contributed by atoms with E-state index >= 15 is 0 Å². The SMILES string of the molecule is CC[Si](CC)(CC)Oc1c(Br)c(C2=C[C@H](O[Si](C)(C)C(C)(C)C)[C@@H](O[Si](C)(C)C(C)(C)C)[C@H](C)O2)c(O[Si](CC)(CC)CC)c2c(OC)cccc12. The first-order chi connectivity index (χ1) is 24.0. The van der Waals surface area contributed by atoms with Crippen LogP contribution in [0, 0.1) is 0 Å². The van der Waals surface area contributed by atoms with Crippen molar-refractivity contribution >= 4 is 65.7 Å². The summed E-state index contributed by atoms with van der Waals surface area (Å²) in [5.41, 5.74) is 0.881. The van der Waals surface area contributed by atoms with Gasteiger partial charge in [-0.05, 0) is 108 Å². The average Bonchev–Trinajstić information content (AvgIpc) is 3.07. The lowest BCUT2D eigenvalue weighted by Crippen LogP contribution is -2.56. The normalized spacial score (nSPS) is 19.4. The fraction of sp³-hybridized carbons (Fsp3) is 0.707. The Hall–Kier alpha value is -1.09. The molecular formula is C41H73BrO6Si4. The van der Waals surface area contributed by atoms with Crippen molar-refractivity contribution < 1.29 is 27.2 Å². The van der Waals surface area contributed by atoms with E-state index in [1.807, 2.05) is 6.07 Å². The van der Waals surface area contributed by atoms with Crippen LogP contribution in [0.1, 0.15) is 95.6 Å². The molecule has 3 rings (SSSR count). The predicted octanol–water partition coefficient (Wildman–Crippen LogP) is 13.9. The highest BCUT2D eigenvalue weighted by Gasteiger charge is 2.48. The second kappa shape index (κ2) is 17.0. The summed E-state index contributed by atoms with van der Waals surface area (Å²) in [5.74, 6) is 3.18. The van der Waals surface area contributed by atoms with Gasteiger partial charge in [-0.25, -0.2) is 0 Å². The van der Waals surface area contributed by atoms with Gasteiger partial charge in [-0.2, -0.15) is 0 Å². The second-order valence-corrected chi connectivity index (χ2v) is 37.6. The highest BCUT2D eigenvalue weighted by Crippen LogP contribution is 2.54. The molecule has 0 saturated heterocycles. The van der Waals surface area contributed by atoms with E-state index in [1.54, 1.807) is 7.11 Å². The van der Waals surface area contributed by atoms with Crippen molar-refractivity contribution in [3.63, 3.8) is 0 Å². The Balaban J connectivity index is 2.55. The van der Waals surface area contributed by atoms with Gasteiger partial charge in [0.1, 0.15) is 35.2 Å². The molecule has 1 heterocycles. The van der Waals surface area contributed by atoms with Gasteiger partial charge in [0.15, 0.2) is 16.6 Å². The molecule has 0 N–H and O–H groups in total. The number of hydrogen-bond acceptors (Lipinski definition) is 6. The van der Waals surface area contributed by atoms with Crippen molar-refractivity contribution in [3.05, 3.63) is 34.3 Å². The van der Waals surface area contributed by atoms with Gasteiger partial charge in [-0.15, -0.1) is 0 Å². The van der Waals surface area contributed by atoms with Crippen LogP contribution < -0.4 is 13.6 Å². The molecule has 0 fully saturated rings. The Bertz CT molecular complexity index is 1540. The predicted molar refractivity (Wildman–Crippen MR) is 237 cm³/mol. The number of hydrogen-bond donors (Lipinski definition) is 0. The summed E-state index contributed by atoms with van der Waals surface area (Å²) in [6.07, 6.45) is 1.35. The number of benzene rings is 2. The van der Waals surface area contributed by atoms with Gasteiger partial charge in [0, 0.05) is 5.39 Å². The van der Waals surface area contributed by atoms with Gasteiger partial charge in [-0.3, -0.25) is 0 Å². The monoisotopic (exact) mass is 852 g/mol. The molecule has 0 spiro atoms. The summed E-state index contributed by atoms with van der Waals surface area (Å²) >= 11 is 4.19. The van der Waals surface area contributed by atoms with E-state index in [9.17, 15) is 0 Å². The minimum absolute atomic E-state index is 0.0131. The fourth-order valence-electron chi connectivity index (χ4n) is 6.63. The Kier molecular flexibility index (Phi) is 14.8. The Labute approximate surface area is 330 Å². The molecular weight excluding hydrogens is 781 g/mol. The molecule has 0 aromatic heterocycles. The zero-order valence-corrected chi connectivity index (χ0v) is 41.7. The third kappa shape index (κ3) is 9.13. The van der Waals surface area contributed by atoms with Crippen LogP contribution >= 0.6 is 15.9 Å². The molecule has 1 aliphatic heterocycles. The molecule has 2 aromatic carbocycles. The molecule has 0 amide bonds. The number of ether oxygens (including phenoxy) is 2. The smallest absolute Gasteiger partial charge is 0.250 e. The first-order valence-corrected chi connectivity index (χ1v) is 31.6. The molecule has 296 valence electrons. The molecule has 0 unspecified atom stereocenters. The minimum atomic E-state index is -2.25. The maximum absolute atomic E-state index is 7.52. The Morgan fingerprint density at radius 2 is 1.17 bits per heavy atom. The summed E-state index contributed by atoms with van der Waals surface area (Å²) < 4.78 is 43.6. The summed E-state index contributed by atoms with van der Waals surface area (Å²) in [4.78, 5) is 0. The maximum atomic E-state index is 7.52. The molecule has 0 bridgehead atoms. The topological polar surface area (TPSA) is 55.4 Å². The average molecular weight is 854 g/mol. The number of halogens is 1. The quantitative estimate of drug-likeness (QED) is 0.157. The van der Waals surface area contributed by atoms with Crippen molar-refractivity contribution in [3.8, 4) is 17.2 Å². The van der Waals surface area contributed by atoms with E-state index < -0.39 is 33.3 Å². The molecule has 2 aromatic rings. The van der Waals surface area contributed by atoms with E-state index in [1.165, 1.54) is 0 Å². The van der Waals surface area contributed by atoms with Gasteiger partial charge in [-0.1, -0.05) is 95.2 Å². The van der Waals surface area contributed by atoms with Crippen molar-refractivity contribution in [1.29, 1.82) is 0 Å². The number of rotatable bonds is 16. The van der Waals surface area contributed by atoms with Crippen LogP contribution in [0.5, 0.6) is 17.2 Å². The van der Waals surface area contributed by atoms with E-state index in [0.29, 0.717) is 0 Å². The molecule has 11 heteroatoms. The zero-order chi connectivity index (χ0) is 39.7. The molecule has 52 heavy (non-hydrogen) atoms. The standard InChI is InChI=1S/C41H73BrO6Si4/c1-19-51(20-2,21-3)47-38-30-26-25-27-31(43-14)34(30)39(48-52(22-4,23-5)24-6)35(36(38)42)32-28-33(45-49(15,16)40(8,9)10)37(29(7)44-32)46-50(17,18)41(11,12)13/h25-29,33,37H,19-24H2,1-18H3/t29-,33-,37-/m0/s1. The molecule has 0 radical (unpaired) electrons. The second-order valence-electron chi connectivity index (χ2n) is 18.0. The highest BCUT2D eigenvalue weighted by atomic mass is 79.9. The minimum Gasteiger partial charge on any atom is -0.542 e. The number of fused-ring (bicyclic) bond motifs is 1. The van der Waals surface area contributed by atoms with Crippen LogP contribution in [0.15, 0.2) is 28.7 Å². The maximum Gasteiger partial charge on any atom is 0.250 e. The lowest BCUT2D eigenvalue weighted by Gasteiger charge is -2.47. The van der Waals surface area contributed by atoms with Crippen LogP contribution in [0.3, 0.4) is 0 Å².